The number of carbonyl (C=O) groups excluding carboxylic acids is 2. The molecular formula is C16H21N3O5S. The van der Waals surface area contributed by atoms with Gasteiger partial charge in [0, 0.05) is 17.4 Å². The molecule has 136 valence electrons. The number of amides is 2. The Balaban J connectivity index is 1.96. The first-order chi connectivity index (χ1) is 11.7. The number of nitro groups is 1. The van der Waals surface area contributed by atoms with E-state index in [2.05, 4.69) is 5.32 Å². The van der Waals surface area contributed by atoms with Gasteiger partial charge in [-0.15, -0.1) is 11.8 Å². The number of thioether (sulfide) groups is 1. The molecule has 0 bridgehead atoms. The summed E-state index contributed by atoms with van der Waals surface area (Å²) in [6.45, 7) is 5.36. The van der Waals surface area contributed by atoms with Gasteiger partial charge >= 0.3 is 0 Å². The molecule has 1 heterocycles. The zero-order chi connectivity index (χ0) is 18.6. The van der Waals surface area contributed by atoms with E-state index in [-0.39, 0.29) is 35.4 Å². The number of non-ortho nitro benzene ring substituents is 1. The molecule has 0 saturated carbocycles. The van der Waals surface area contributed by atoms with Crippen LogP contribution >= 0.6 is 11.8 Å². The number of rotatable bonds is 5. The van der Waals surface area contributed by atoms with Crippen molar-refractivity contribution in [2.45, 2.75) is 32.4 Å². The highest BCUT2D eigenvalue weighted by Crippen LogP contribution is 2.23. The van der Waals surface area contributed by atoms with Crippen LogP contribution in [0.1, 0.15) is 20.8 Å². The van der Waals surface area contributed by atoms with Crippen molar-refractivity contribution in [3.63, 3.8) is 0 Å². The van der Waals surface area contributed by atoms with Crippen LogP contribution in [-0.2, 0) is 9.59 Å². The van der Waals surface area contributed by atoms with Crippen molar-refractivity contribution < 1.29 is 19.2 Å². The number of nitrogens with zero attached hydrogens (tertiary/aromatic N) is 2. The first kappa shape index (κ1) is 19.0. The van der Waals surface area contributed by atoms with Gasteiger partial charge in [0.1, 0.15) is 11.8 Å². The van der Waals surface area contributed by atoms with Crippen LogP contribution in [0.4, 0.5) is 5.69 Å². The van der Waals surface area contributed by atoms with E-state index in [1.807, 2.05) is 20.8 Å². The first-order valence-corrected chi connectivity index (χ1v) is 8.89. The Kier molecular flexibility index (Phi) is 5.89. The third kappa shape index (κ3) is 5.35. The van der Waals surface area contributed by atoms with Gasteiger partial charge in [-0.1, -0.05) is 6.07 Å². The Bertz CT molecular complexity index is 674. The minimum Gasteiger partial charge on any atom is -0.484 e. The minimum atomic E-state index is -0.537. The van der Waals surface area contributed by atoms with Crippen molar-refractivity contribution in [3.8, 4) is 5.75 Å². The van der Waals surface area contributed by atoms with Gasteiger partial charge in [-0.2, -0.15) is 0 Å². The molecular weight excluding hydrogens is 346 g/mol. The topological polar surface area (TPSA) is 102 Å². The summed E-state index contributed by atoms with van der Waals surface area (Å²) < 4.78 is 5.36. The van der Waals surface area contributed by atoms with E-state index < -0.39 is 11.0 Å². The lowest BCUT2D eigenvalue weighted by Gasteiger charge is -2.27. The maximum absolute atomic E-state index is 12.4. The van der Waals surface area contributed by atoms with Crippen molar-refractivity contribution in [1.29, 1.82) is 0 Å². The molecule has 0 radical (unpaired) electrons. The van der Waals surface area contributed by atoms with Crippen molar-refractivity contribution in [1.82, 2.24) is 10.2 Å². The number of hydrogen-bond donors (Lipinski definition) is 1. The smallest absolute Gasteiger partial charge is 0.273 e. The van der Waals surface area contributed by atoms with E-state index >= 15 is 0 Å². The minimum absolute atomic E-state index is 0.107. The van der Waals surface area contributed by atoms with Gasteiger partial charge in [0.05, 0.1) is 16.9 Å². The Morgan fingerprint density at radius 1 is 1.44 bits per heavy atom. The van der Waals surface area contributed by atoms with Crippen molar-refractivity contribution in [2.75, 3.05) is 18.2 Å². The summed E-state index contributed by atoms with van der Waals surface area (Å²) in [6, 6.07) is 5.10. The number of ether oxygens (including phenoxy) is 1. The summed E-state index contributed by atoms with van der Waals surface area (Å²) in [5.74, 6) is 0.668. The molecule has 0 spiro atoms. The van der Waals surface area contributed by atoms with Gasteiger partial charge < -0.3 is 15.0 Å². The lowest BCUT2D eigenvalue weighted by atomic mass is 10.1. The third-order valence-electron chi connectivity index (χ3n) is 3.39. The quantitative estimate of drug-likeness (QED) is 0.629. The molecule has 1 aliphatic heterocycles. The van der Waals surface area contributed by atoms with Crippen LogP contribution in [0, 0.1) is 10.1 Å². The zero-order valence-corrected chi connectivity index (χ0v) is 15.2. The zero-order valence-electron chi connectivity index (χ0n) is 14.4. The molecule has 2 amide bonds. The summed E-state index contributed by atoms with van der Waals surface area (Å²) in [5, 5.41) is 13.6. The van der Waals surface area contributed by atoms with Crippen LogP contribution in [0.5, 0.6) is 5.75 Å². The lowest BCUT2D eigenvalue weighted by Crippen LogP contribution is -2.53. The van der Waals surface area contributed by atoms with Crippen LogP contribution in [0.2, 0.25) is 0 Å². The largest absolute Gasteiger partial charge is 0.484 e. The van der Waals surface area contributed by atoms with Crippen LogP contribution in [0.15, 0.2) is 24.3 Å². The second kappa shape index (κ2) is 7.73. The average molecular weight is 367 g/mol. The van der Waals surface area contributed by atoms with Crippen LogP contribution in [0.3, 0.4) is 0 Å². The predicted octanol–water partition coefficient (Wildman–Crippen LogP) is 1.79. The van der Waals surface area contributed by atoms with E-state index in [9.17, 15) is 19.7 Å². The Hall–Kier alpha value is -2.29. The number of nitro benzene ring substituents is 1. The standard InChI is InChI=1S/C16H21N3O5S/c1-16(2,3)17-15(21)13-9-25-10-18(13)14(20)8-24-12-6-4-5-11(7-12)19(22)23/h4-7,13H,8-10H2,1-3H3,(H,17,21). The van der Waals surface area contributed by atoms with Crippen molar-refractivity contribution in [2.24, 2.45) is 0 Å². The molecule has 9 heteroatoms. The van der Waals surface area contributed by atoms with Gasteiger partial charge in [0.2, 0.25) is 5.91 Å². The number of benzene rings is 1. The van der Waals surface area contributed by atoms with Gasteiger partial charge in [-0.05, 0) is 26.8 Å². The van der Waals surface area contributed by atoms with E-state index in [1.165, 1.54) is 34.9 Å². The van der Waals surface area contributed by atoms with E-state index in [0.29, 0.717) is 11.6 Å². The van der Waals surface area contributed by atoms with Gasteiger partial charge in [0.25, 0.3) is 11.6 Å². The summed E-state index contributed by atoms with van der Waals surface area (Å²) in [4.78, 5) is 36.4. The third-order valence-corrected chi connectivity index (χ3v) is 4.41. The Morgan fingerprint density at radius 3 is 2.80 bits per heavy atom. The Labute approximate surface area is 150 Å². The highest BCUT2D eigenvalue weighted by Gasteiger charge is 2.36. The SMILES string of the molecule is CC(C)(C)NC(=O)C1CSCN1C(=O)COc1cccc([N+](=O)[O-])c1. The molecule has 1 aliphatic rings. The molecule has 1 atom stereocenters. The fourth-order valence-corrected chi connectivity index (χ4v) is 3.45. The second-order valence-electron chi connectivity index (χ2n) is 6.66. The molecule has 25 heavy (non-hydrogen) atoms. The lowest BCUT2D eigenvalue weighted by molar-refractivity contribution is -0.384. The maximum Gasteiger partial charge on any atom is 0.273 e. The molecule has 1 fully saturated rings. The molecule has 1 aromatic carbocycles. The first-order valence-electron chi connectivity index (χ1n) is 7.74. The normalized spacial score (nSPS) is 17.2. The van der Waals surface area contributed by atoms with Crippen LogP contribution in [-0.4, -0.2) is 51.5 Å². The number of nitrogens with one attached hydrogen (secondary N) is 1. The van der Waals surface area contributed by atoms with E-state index in [0.717, 1.165) is 0 Å². The highest BCUT2D eigenvalue weighted by molar-refractivity contribution is 7.99. The molecule has 1 aromatic rings. The van der Waals surface area contributed by atoms with Gasteiger partial charge in [-0.25, -0.2) is 0 Å². The van der Waals surface area contributed by atoms with Crippen LogP contribution in [0.25, 0.3) is 0 Å². The summed E-state index contributed by atoms with van der Waals surface area (Å²) in [5.41, 5.74) is -0.484. The highest BCUT2D eigenvalue weighted by atomic mass is 32.2. The molecule has 2 rings (SSSR count). The summed E-state index contributed by atoms with van der Waals surface area (Å²) >= 11 is 1.50. The predicted molar refractivity (Wildman–Crippen MR) is 94.4 cm³/mol. The fraction of sp³-hybridized carbons (Fsp3) is 0.500. The van der Waals surface area contributed by atoms with Gasteiger partial charge in [-0.3, -0.25) is 19.7 Å². The summed E-state index contributed by atoms with van der Waals surface area (Å²) in [6.07, 6.45) is 0. The van der Waals surface area contributed by atoms with E-state index in [1.54, 1.807) is 6.07 Å². The second-order valence-corrected chi connectivity index (χ2v) is 7.66. The van der Waals surface area contributed by atoms with Crippen molar-refractivity contribution in [3.05, 3.63) is 34.4 Å². The molecule has 1 unspecified atom stereocenters. The molecule has 0 aromatic heterocycles. The monoisotopic (exact) mass is 367 g/mol. The molecule has 8 nitrogen and oxygen atoms in total. The van der Waals surface area contributed by atoms with E-state index in [4.69, 9.17) is 4.74 Å². The molecule has 1 saturated heterocycles. The Morgan fingerprint density at radius 2 is 2.16 bits per heavy atom. The summed E-state index contributed by atoms with van der Waals surface area (Å²) in [7, 11) is 0. The fourth-order valence-electron chi connectivity index (χ4n) is 2.27. The molecule has 1 N–H and O–H groups in total. The number of carbonyl (C=O) groups is 2. The molecule has 0 aliphatic carbocycles. The number of hydrogen-bond acceptors (Lipinski definition) is 6. The van der Waals surface area contributed by atoms with Gasteiger partial charge in [0.15, 0.2) is 6.61 Å². The van der Waals surface area contributed by atoms with Crippen molar-refractivity contribution >= 4 is 29.3 Å². The average Bonchev–Trinajstić information content (AvgIpc) is 3.01. The van der Waals surface area contributed by atoms with Crippen LogP contribution < -0.4 is 10.1 Å². The maximum atomic E-state index is 12.4.